The van der Waals surface area contributed by atoms with Crippen molar-refractivity contribution in [3.63, 3.8) is 0 Å². The molecule has 3 rings (SSSR count). The Morgan fingerprint density at radius 2 is 1.41 bits per heavy atom. The topological polar surface area (TPSA) is 82.3 Å². The first kappa shape index (κ1) is 20.6. The van der Waals surface area contributed by atoms with Gasteiger partial charge in [0, 0.05) is 11.4 Å². The number of benzene rings is 3. The van der Waals surface area contributed by atoms with Crippen LogP contribution in [0, 0.1) is 0 Å². The predicted octanol–water partition coefficient (Wildman–Crippen LogP) is 3.53. The number of hydrazine groups is 1. The van der Waals surface area contributed by atoms with Gasteiger partial charge in [-0.1, -0.05) is 48.5 Å². The van der Waals surface area contributed by atoms with Crippen LogP contribution in [-0.4, -0.2) is 28.4 Å². The molecule has 0 aliphatic rings. The third-order valence-electron chi connectivity index (χ3n) is 3.85. The summed E-state index contributed by atoms with van der Waals surface area (Å²) < 4.78 is 0. The van der Waals surface area contributed by atoms with E-state index in [-0.39, 0.29) is 28.4 Å². The van der Waals surface area contributed by atoms with E-state index in [4.69, 9.17) is 12.2 Å². The average Bonchev–Trinajstić information content (AvgIpc) is 2.73. The van der Waals surface area contributed by atoms with Crippen molar-refractivity contribution in [2.75, 3.05) is 22.1 Å². The van der Waals surface area contributed by atoms with Gasteiger partial charge >= 0.3 is 0 Å². The van der Waals surface area contributed by atoms with Crippen LogP contribution in [0.25, 0.3) is 10.8 Å². The van der Waals surface area contributed by atoms with Crippen LogP contribution >= 0.6 is 24.0 Å². The molecule has 0 spiro atoms. The first-order chi connectivity index (χ1) is 14.1. The molecular formula is C21H20N4O2S2. The Morgan fingerprint density at radius 3 is 2.21 bits per heavy atom. The van der Waals surface area contributed by atoms with Crippen LogP contribution < -0.4 is 21.5 Å². The number of nitrogens with one attached hydrogen (secondary N) is 4. The van der Waals surface area contributed by atoms with E-state index in [0.717, 1.165) is 22.1 Å². The number of amides is 2. The lowest BCUT2D eigenvalue weighted by Gasteiger charge is -2.12. The van der Waals surface area contributed by atoms with Gasteiger partial charge in [-0.3, -0.25) is 20.4 Å². The molecule has 29 heavy (non-hydrogen) atoms. The maximum absolute atomic E-state index is 11.9. The van der Waals surface area contributed by atoms with Crippen LogP contribution in [-0.2, 0) is 9.59 Å². The normalized spacial score (nSPS) is 10.2. The summed E-state index contributed by atoms with van der Waals surface area (Å²) in [5, 5.41) is 8.30. The SMILES string of the molecule is O=C(CSCC(=O)Nc1ccccc1)NNC(=S)Nc1ccc2ccccc2c1. The van der Waals surface area contributed by atoms with Crippen LogP contribution in [0.2, 0.25) is 0 Å². The fourth-order valence-electron chi connectivity index (χ4n) is 2.55. The Morgan fingerprint density at radius 1 is 0.724 bits per heavy atom. The second-order valence-electron chi connectivity index (χ2n) is 6.10. The zero-order chi connectivity index (χ0) is 20.5. The molecule has 0 aromatic heterocycles. The lowest BCUT2D eigenvalue weighted by Crippen LogP contribution is -2.44. The number of thiocarbonyl (C=S) groups is 1. The molecule has 3 aromatic rings. The largest absolute Gasteiger partial charge is 0.331 e. The van der Waals surface area contributed by atoms with Crippen molar-refractivity contribution in [3.8, 4) is 0 Å². The molecule has 0 saturated carbocycles. The highest BCUT2D eigenvalue weighted by Gasteiger charge is 2.07. The van der Waals surface area contributed by atoms with Gasteiger partial charge in [0.2, 0.25) is 11.8 Å². The third-order valence-corrected chi connectivity index (χ3v) is 4.98. The number of hydrogen-bond acceptors (Lipinski definition) is 4. The number of hydrogen-bond donors (Lipinski definition) is 4. The second kappa shape index (κ2) is 10.4. The van der Waals surface area contributed by atoms with Crippen LogP contribution in [0.4, 0.5) is 11.4 Å². The van der Waals surface area contributed by atoms with Crippen LogP contribution in [0.15, 0.2) is 72.8 Å². The highest BCUT2D eigenvalue weighted by molar-refractivity contribution is 8.00. The number of rotatable bonds is 6. The number of para-hydroxylation sites is 1. The fourth-order valence-corrected chi connectivity index (χ4v) is 3.33. The molecule has 3 aromatic carbocycles. The minimum Gasteiger partial charge on any atom is -0.331 e. The summed E-state index contributed by atoms with van der Waals surface area (Å²) in [5.41, 5.74) is 6.73. The van der Waals surface area contributed by atoms with E-state index in [2.05, 4.69) is 21.5 Å². The molecule has 0 radical (unpaired) electrons. The van der Waals surface area contributed by atoms with Crippen molar-refractivity contribution in [2.24, 2.45) is 0 Å². The van der Waals surface area contributed by atoms with Crippen molar-refractivity contribution < 1.29 is 9.59 Å². The number of carbonyl (C=O) groups is 2. The number of fused-ring (bicyclic) bond motifs is 1. The smallest absolute Gasteiger partial charge is 0.248 e. The summed E-state index contributed by atoms with van der Waals surface area (Å²) >= 11 is 6.41. The number of thioether (sulfide) groups is 1. The van der Waals surface area contributed by atoms with Crippen LogP contribution in [0.3, 0.4) is 0 Å². The predicted molar refractivity (Wildman–Crippen MR) is 124 cm³/mol. The maximum Gasteiger partial charge on any atom is 0.248 e. The van der Waals surface area contributed by atoms with Crippen molar-refractivity contribution in [3.05, 3.63) is 72.8 Å². The molecular weight excluding hydrogens is 404 g/mol. The molecule has 0 aliphatic carbocycles. The molecule has 0 aliphatic heterocycles. The summed E-state index contributed by atoms with van der Waals surface area (Å²) in [5.74, 6) is -0.115. The Labute approximate surface area is 178 Å². The number of anilines is 2. The third kappa shape index (κ3) is 6.78. The van der Waals surface area contributed by atoms with Gasteiger partial charge < -0.3 is 10.6 Å². The molecule has 0 unspecified atom stereocenters. The second-order valence-corrected chi connectivity index (χ2v) is 7.49. The van der Waals surface area contributed by atoms with Gasteiger partial charge in [0.15, 0.2) is 5.11 Å². The Kier molecular flexibility index (Phi) is 7.43. The van der Waals surface area contributed by atoms with Gasteiger partial charge in [-0.05, 0) is 47.3 Å². The van der Waals surface area contributed by atoms with Gasteiger partial charge in [0.1, 0.15) is 0 Å². The molecule has 0 atom stereocenters. The summed E-state index contributed by atoms with van der Waals surface area (Å²) in [7, 11) is 0. The summed E-state index contributed by atoms with van der Waals surface area (Å²) in [6.45, 7) is 0. The Bertz CT molecular complexity index is 1010. The molecule has 0 saturated heterocycles. The number of carbonyl (C=O) groups excluding carboxylic acids is 2. The molecule has 148 valence electrons. The van der Waals surface area contributed by atoms with Crippen LogP contribution in [0.1, 0.15) is 0 Å². The summed E-state index contributed by atoms with van der Waals surface area (Å²) in [6.07, 6.45) is 0. The maximum atomic E-state index is 11.9. The highest BCUT2D eigenvalue weighted by atomic mass is 32.2. The fraction of sp³-hybridized carbons (Fsp3) is 0.0952. The minimum absolute atomic E-state index is 0.133. The van der Waals surface area contributed by atoms with E-state index in [0.29, 0.717) is 0 Å². The zero-order valence-corrected chi connectivity index (χ0v) is 17.1. The van der Waals surface area contributed by atoms with Gasteiger partial charge in [-0.2, -0.15) is 0 Å². The van der Waals surface area contributed by atoms with Crippen molar-refractivity contribution in [1.82, 2.24) is 10.9 Å². The van der Waals surface area contributed by atoms with E-state index in [1.54, 1.807) is 0 Å². The summed E-state index contributed by atoms with van der Waals surface area (Å²) in [4.78, 5) is 23.7. The van der Waals surface area contributed by atoms with Crippen molar-refractivity contribution >= 4 is 63.1 Å². The standard InChI is InChI=1S/C21H20N4O2S2/c26-19(22-17-8-2-1-3-9-17)13-29-14-20(27)24-25-21(28)23-18-11-10-15-6-4-5-7-16(15)12-18/h1-12H,13-14H2,(H,22,26)(H,24,27)(H2,23,25,28). The van der Waals surface area contributed by atoms with Gasteiger partial charge in [0.25, 0.3) is 0 Å². The molecule has 0 heterocycles. The van der Waals surface area contributed by atoms with Crippen molar-refractivity contribution in [1.29, 1.82) is 0 Å². The lowest BCUT2D eigenvalue weighted by atomic mass is 10.1. The minimum atomic E-state index is -0.273. The quantitative estimate of drug-likeness (QED) is 0.358. The van der Waals surface area contributed by atoms with E-state index < -0.39 is 0 Å². The van der Waals surface area contributed by atoms with Gasteiger partial charge in [-0.25, -0.2) is 0 Å². The van der Waals surface area contributed by atoms with Crippen LogP contribution in [0.5, 0.6) is 0 Å². The van der Waals surface area contributed by atoms with Crippen molar-refractivity contribution in [2.45, 2.75) is 0 Å². The highest BCUT2D eigenvalue weighted by Crippen LogP contribution is 2.18. The molecule has 0 fully saturated rings. The molecule has 4 N–H and O–H groups in total. The monoisotopic (exact) mass is 424 g/mol. The van der Waals surface area contributed by atoms with E-state index in [9.17, 15) is 9.59 Å². The summed E-state index contributed by atoms with van der Waals surface area (Å²) in [6, 6.07) is 23.1. The molecule has 6 nitrogen and oxygen atoms in total. The van der Waals surface area contributed by atoms with E-state index in [1.807, 2.05) is 72.8 Å². The van der Waals surface area contributed by atoms with E-state index in [1.165, 1.54) is 11.8 Å². The zero-order valence-electron chi connectivity index (χ0n) is 15.5. The van der Waals surface area contributed by atoms with Gasteiger partial charge in [-0.15, -0.1) is 11.8 Å². The Balaban J connectivity index is 1.35. The molecule has 8 heteroatoms. The molecule has 0 bridgehead atoms. The average molecular weight is 425 g/mol. The first-order valence-corrected chi connectivity index (χ1v) is 10.4. The van der Waals surface area contributed by atoms with E-state index >= 15 is 0 Å². The Hall–Kier alpha value is -3.10. The lowest BCUT2D eigenvalue weighted by molar-refractivity contribution is -0.119. The van der Waals surface area contributed by atoms with Gasteiger partial charge in [0.05, 0.1) is 11.5 Å². The first-order valence-electron chi connectivity index (χ1n) is 8.87. The molecule has 2 amide bonds.